The summed E-state index contributed by atoms with van der Waals surface area (Å²) in [6, 6.07) is 15.3. The Morgan fingerprint density at radius 3 is 2.61 bits per heavy atom. The van der Waals surface area contributed by atoms with Crippen LogP contribution in [0.1, 0.15) is 19.2 Å². The molecule has 0 spiro atoms. The van der Waals surface area contributed by atoms with E-state index in [1.165, 1.54) is 0 Å². The fourth-order valence-electron chi connectivity index (χ4n) is 3.81. The second-order valence-electron chi connectivity index (χ2n) is 8.07. The van der Waals surface area contributed by atoms with Crippen LogP contribution >= 0.6 is 0 Å². The molecule has 1 saturated carbocycles. The highest BCUT2D eigenvalue weighted by atomic mass is 16.5. The van der Waals surface area contributed by atoms with Gasteiger partial charge in [0.15, 0.2) is 18.1 Å². The Labute approximate surface area is 190 Å². The molecule has 168 valence electrons. The van der Waals surface area contributed by atoms with Crippen LogP contribution in [0.3, 0.4) is 0 Å². The van der Waals surface area contributed by atoms with E-state index in [2.05, 4.69) is 10.2 Å². The number of benzene rings is 2. The maximum Gasteiger partial charge on any atom is 0.309 e. The summed E-state index contributed by atoms with van der Waals surface area (Å²) < 4.78 is 22.0. The van der Waals surface area contributed by atoms with Crippen LogP contribution in [0, 0.1) is 11.8 Å². The molecule has 0 unspecified atom stereocenters. The third-order valence-corrected chi connectivity index (χ3v) is 5.84. The first-order chi connectivity index (χ1) is 16.1. The second-order valence-corrected chi connectivity index (χ2v) is 8.07. The van der Waals surface area contributed by atoms with Crippen molar-refractivity contribution in [3.8, 4) is 34.2 Å². The van der Waals surface area contributed by atoms with E-state index in [1.807, 2.05) is 55.5 Å². The summed E-state index contributed by atoms with van der Waals surface area (Å²) in [5, 5.41) is 9.15. The zero-order valence-electron chi connectivity index (χ0n) is 18.6. The number of nitrogens with zero attached hydrogens (tertiary/aromatic N) is 3. The number of methoxy groups -OCH3 is 2. The van der Waals surface area contributed by atoms with Gasteiger partial charge >= 0.3 is 5.97 Å². The van der Waals surface area contributed by atoms with E-state index in [4.69, 9.17) is 23.6 Å². The molecule has 8 nitrogen and oxygen atoms in total. The van der Waals surface area contributed by atoms with Gasteiger partial charge in [-0.15, -0.1) is 10.2 Å². The number of aromatic nitrogens is 3. The highest BCUT2D eigenvalue weighted by molar-refractivity contribution is 5.94. The summed E-state index contributed by atoms with van der Waals surface area (Å²) in [6.45, 7) is 1.99. The minimum atomic E-state index is -0.215. The molecule has 0 amide bonds. The predicted octanol–water partition coefficient (Wildman–Crippen LogP) is 4.67. The van der Waals surface area contributed by atoms with Gasteiger partial charge in [0.25, 0.3) is 5.89 Å². The predicted molar refractivity (Wildman–Crippen MR) is 121 cm³/mol. The molecule has 4 aromatic rings. The molecule has 0 saturated heterocycles. The van der Waals surface area contributed by atoms with Gasteiger partial charge in [0.1, 0.15) is 0 Å². The van der Waals surface area contributed by atoms with Gasteiger partial charge in [-0.2, -0.15) is 0 Å². The molecule has 1 aliphatic rings. The molecular weight excluding hydrogens is 422 g/mol. The molecular formula is C25H23N3O5. The normalized spacial score (nSPS) is 17.1. The Bertz CT molecular complexity index is 1330. The van der Waals surface area contributed by atoms with Crippen LogP contribution in [-0.2, 0) is 16.1 Å². The van der Waals surface area contributed by atoms with E-state index in [9.17, 15) is 4.79 Å². The molecule has 0 N–H and O–H groups in total. The number of hydrogen-bond donors (Lipinski definition) is 0. The molecule has 1 aliphatic carbocycles. The summed E-state index contributed by atoms with van der Waals surface area (Å²) in [5.41, 5.74) is 3.10. The van der Waals surface area contributed by atoms with Gasteiger partial charge in [-0.25, -0.2) is 4.98 Å². The molecule has 2 aromatic carbocycles. The summed E-state index contributed by atoms with van der Waals surface area (Å²) in [4.78, 5) is 16.8. The molecule has 2 atom stereocenters. The summed E-state index contributed by atoms with van der Waals surface area (Å²) in [5.74, 6) is 1.99. The highest BCUT2D eigenvalue weighted by Crippen LogP contribution is 2.39. The standard InChI is InChI=1S/C25H23N3O5/c1-14-10-17(14)25(29)32-13-23-27-28-24(33-23)18-12-20(26-19-7-5-4-6-16(18)19)15-8-9-21(30-2)22(11-15)31-3/h4-9,11-12,14,17H,10,13H2,1-3H3/t14-,17+/m1/s1. The summed E-state index contributed by atoms with van der Waals surface area (Å²) in [7, 11) is 3.19. The van der Waals surface area contributed by atoms with E-state index in [1.54, 1.807) is 14.2 Å². The summed E-state index contributed by atoms with van der Waals surface area (Å²) in [6.07, 6.45) is 0.871. The Morgan fingerprint density at radius 2 is 1.85 bits per heavy atom. The van der Waals surface area contributed by atoms with Crippen molar-refractivity contribution in [2.75, 3.05) is 14.2 Å². The first-order valence-electron chi connectivity index (χ1n) is 10.7. The van der Waals surface area contributed by atoms with Crippen molar-refractivity contribution in [2.24, 2.45) is 11.8 Å². The van der Waals surface area contributed by atoms with Crippen LogP contribution in [0.25, 0.3) is 33.6 Å². The van der Waals surface area contributed by atoms with Crippen molar-refractivity contribution in [3.05, 3.63) is 54.4 Å². The lowest BCUT2D eigenvalue weighted by Crippen LogP contribution is -2.07. The Hall–Kier alpha value is -3.94. The fourth-order valence-corrected chi connectivity index (χ4v) is 3.81. The van der Waals surface area contributed by atoms with Gasteiger partial charge < -0.3 is 18.6 Å². The van der Waals surface area contributed by atoms with Crippen molar-refractivity contribution in [1.29, 1.82) is 0 Å². The largest absolute Gasteiger partial charge is 0.493 e. The Morgan fingerprint density at radius 1 is 1.06 bits per heavy atom. The van der Waals surface area contributed by atoms with Crippen LogP contribution < -0.4 is 9.47 Å². The van der Waals surface area contributed by atoms with Crippen molar-refractivity contribution in [2.45, 2.75) is 20.0 Å². The maximum atomic E-state index is 12.0. The van der Waals surface area contributed by atoms with E-state index in [0.29, 0.717) is 23.3 Å². The van der Waals surface area contributed by atoms with Gasteiger partial charge in [0.05, 0.1) is 36.9 Å². The average Bonchev–Trinajstić information content (AvgIpc) is 3.40. The second kappa shape index (κ2) is 8.54. The minimum absolute atomic E-state index is 0.0134. The number of hydrogen-bond acceptors (Lipinski definition) is 8. The lowest BCUT2D eigenvalue weighted by molar-refractivity contribution is -0.147. The Kier molecular flexibility index (Phi) is 5.42. The average molecular weight is 445 g/mol. The van der Waals surface area contributed by atoms with Crippen LogP contribution in [0.4, 0.5) is 0 Å². The molecule has 8 heteroatoms. The number of carbonyl (C=O) groups is 1. The zero-order chi connectivity index (χ0) is 22.9. The topological polar surface area (TPSA) is 96.6 Å². The quantitative estimate of drug-likeness (QED) is 0.379. The number of rotatable bonds is 7. The third kappa shape index (κ3) is 4.11. The van der Waals surface area contributed by atoms with Crippen LogP contribution in [0.2, 0.25) is 0 Å². The molecule has 2 aromatic heterocycles. The van der Waals surface area contributed by atoms with Crippen molar-refractivity contribution >= 4 is 16.9 Å². The van der Waals surface area contributed by atoms with Crippen molar-refractivity contribution in [3.63, 3.8) is 0 Å². The fraction of sp³-hybridized carbons (Fsp3) is 0.280. The lowest BCUT2D eigenvalue weighted by atomic mass is 10.0. The van der Waals surface area contributed by atoms with Crippen molar-refractivity contribution < 1.29 is 23.4 Å². The van der Waals surface area contributed by atoms with Crippen LogP contribution in [0.5, 0.6) is 11.5 Å². The molecule has 1 fully saturated rings. The van der Waals surface area contributed by atoms with Gasteiger partial charge in [-0.1, -0.05) is 25.1 Å². The van der Waals surface area contributed by atoms with E-state index >= 15 is 0 Å². The number of carbonyl (C=O) groups excluding carboxylic acids is 1. The molecule has 0 aliphatic heterocycles. The third-order valence-electron chi connectivity index (χ3n) is 5.84. The Balaban J connectivity index is 1.49. The number of fused-ring (bicyclic) bond motifs is 1. The van der Waals surface area contributed by atoms with Gasteiger partial charge in [-0.05, 0) is 42.7 Å². The van der Waals surface area contributed by atoms with E-state index < -0.39 is 0 Å². The SMILES string of the molecule is COc1ccc(-c2cc(-c3nnc(COC(=O)[C@H]4C[C@H]4C)o3)c3ccccc3n2)cc1OC. The number of ether oxygens (including phenoxy) is 3. The molecule has 5 rings (SSSR count). The van der Waals surface area contributed by atoms with Gasteiger partial charge in [0, 0.05) is 10.9 Å². The number of esters is 1. The molecule has 0 bridgehead atoms. The molecule has 0 radical (unpaired) electrons. The summed E-state index contributed by atoms with van der Waals surface area (Å²) >= 11 is 0. The minimum Gasteiger partial charge on any atom is -0.493 e. The van der Waals surface area contributed by atoms with Crippen LogP contribution in [-0.4, -0.2) is 35.4 Å². The molecule has 33 heavy (non-hydrogen) atoms. The number of pyridine rings is 1. The van der Waals surface area contributed by atoms with Crippen LogP contribution in [0.15, 0.2) is 52.9 Å². The molecule has 2 heterocycles. The first-order valence-corrected chi connectivity index (χ1v) is 10.7. The van der Waals surface area contributed by atoms with Crippen molar-refractivity contribution in [1.82, 2.24) is 15.2 Å². The van der Waals surface area contributed by atoms with E-state index in [-0.39, 0.29) is 24.4 Å². The first kappa shape index (κ1) is 20.9. The zero-order valence-corrected chi connectivity index (χ0v) is 18.6. The van der Waals surface area contributed by atoms with Gasteiger partial charge in [-0.3, -0.25) is 4.79 Å². The highest BCUT2D eigenvalue weighted by Gasteiger charge is 2.40. The number of para-hydroxylation sites is 1. The lowest BCUT2D eigenvalue weighted by Gasteiger charge is -2.11. The van der Waals surface area contributed by atoms with E-state index in [0.717, 1.165) is 34.1 Å². The monoisotopic (exact) mass is 445 g/mol. The smallest absolute Gasteiger partial charge is 0.309 e. The van der Waals surface area contributed by atoms with Gasteiger partial charge in [0.2, 0.25) is 5.89 Å². The maximum absolute atomic E-state index is 12.0.